The molecule has 0 amide bonds. The SMILES string of the molecule is CCn1ccc(NC(C)c2ccc(O)cc2F)n1. The van der Waals surface area contributed by atoms with E-state index in [9.17, 15) is 4.39 Å². The monoisotopic (exact) mass is 249 g/mol. The van der Waals surface area contributed by atoms with Gasteiger partial charge in [0.2, 0.25) is 0 Å². The van der Waals surface area contributed by atoms with Crippen molar-refractivity contribution in [3.8, 4) is 5.75 Å². The van der Waals surface area contributed by atoms with E-state index in [1.165, 1.54) is 6.07 Å². The Morgan fingerprint density at radius 2 is 2.22 bits per heavy atom. The zero-order valence-corrected chi connectivity index (χ0v) is 10.4. The molecule has 0 radical (unpaired) electrons. The number of hydrogen-bond acceptors (Lipinski definition) is 3. The third-order valence-corrected chi connectivity index (χ3v) is 2.78. The van der Waals surface area contributed by atoms with Gasteiger partial charge in [-0.25, -0.2) is 4.39 Å². The zero-order chi connectivity index (χ0) is 13.1. The molecule has 2 aromatic rings. The van der Waals surface area contributed by atoms with Crippen molar-refractivity contribution >= 4 is 5.82 Å². The van der Waals surface area contributed by atoms with Gasteiger partial charge < -0.3 is 10.4 Å². The first-order valence-electron chi connectivity index (χ1n) is 5.88. The topological polar surface area (TPSA) is 50.1 Å². The summed E-state index contributed by atoms with van der Waals surface area (Å²) in [4.78, 5) is 0. The van der Waals surface area contributed by atoms with Crippen LogP contribution in [0.1, 0.15) is 25.5 Å². The molecule has 0 bridgehead atoms. The number of aromatic hydroxyl groups is 1. The number of nitrogens with one attached hydrogen (secondary N) is 1. The predicted octanol–water partition coefficient (Wildman–Crippen LogP) is 2.92. The van der Waals surface area contributed by atoms with Crippen LogP contribution in [0.4, 0.5) is 10.2 Å². The van der Waals surface area contributed by atoms with Gasteiger partial charge in [-0.05, 0) is 19.9 Å². The summed E-state index contributed by atoms with van der Waals surface area (Å²) in [6.45, 7) is 4.64. The number of nitrogens with zero attached hydrogens (tertiary/aromatic N) is 2. The van der Waals surface area contributed by atoms with E-state index in [-0.39, 0.29) is 11.8 Å². The maximum atomic E-state index is 13.6. The number of benzene rings is 1. The van der Waals surface area contributed by atoms with Crippen LogP contribution in [0.3, 0.4) is 0 Å². The largest absolute Gasteiger partial charge is 0.508 e. The molecule has 2 N–H and O–H groups in total. The summed E-state index contributed by atoms with van der Waals surface area (Å²) in [6.07, 6.45) is 1.86. The van der Waals surface area contributed by atoms with E-state index >= 15 is 0 Å². The van der Waals surface area contributed by atoms with Gasteiger partial charge in [-0.1, -0.05) is 6.07 Å². The van der Waals surface area contributed by atoms with Crippen molar-refractivity contribution < 1.29 is 9.50 Å². The van der Waals surface area contributed by atoms with Crippen molar-refractivity contribution in [1.82, 2.24) is 9.78 Å². The van der Waals surface area contributed by atoms with Gasteiger partial charge in [0.1, 0.15) is 17.4 Å². The van der Waals surface area contributed by atoms with Crippen LogP contribution in [0.2, 0.25) is 0 Å². The van der Waals surface area contributed by atoms with Crippen molar-refractivity contribution in [1.29, 1.82) is 0 Å². The molecular weight excluding hydrogens is 233 g/mol. The van der Waals surface area contributed by atoms with Crippen molar-refractivity contribution in [2.45, 2.75) is 26.4 Å². The van der Waals surface area contributed by atoms with E-state index in [1.54, 1.807) is 10.7 Å². The maximum Gasteiger partial charge on any atom is 0.148 e. The summed E-state index contributed by atoms with van der Waals surface area (Å²) in [6, 6.07) is 5.78. The minimum Gasteiger partial charge on any atom is -0.508 e. The predicted molar refractivity (Wildman–Crippen MR) is 68.0 cm³/mol. The maximum absolute atomic E-state index is 13.6. The number of phenols is 1. The molecule has 2 rings (SSSR count). The minimum atomic E-state index is -0.426. The summed E-state index contributed by atoms with van der Waals surface area (Å²) in [7, 11) is 0. The van der Waals surface area contributed by atoms with Crippen LogP contribution < -0.4 is 5.32 Å². The summed E-state index contributed by atoms with van der Waals surface area (Å²) in [5, 5.41) is 16.6. The third kappa shape index (κ3) is 2.61. The number of aryl methyl sites for hydroxylation is 1. The first kappa shape index (κ1) is 12.4. The van der Waals surface area contributed by atoms with Crippen LogP contribution >= 0.6 is 0 Å². The van der Waals surface area contributed by atoms with Gasteiger partial charge >= 0.3 is 0 Å². The number of halogens is 1. The first-order chi connectivity index (χ1) is 8.60. The second kappa shape index (κ2) is 5.08. The third-order valence-electron chi connectivity index (χ3n) is 2.78. The fraction of sp³-hybridized carbons (Fsp3) is 0.308. The Balaban J connectivity index is 2.13. The van der Waals surface area contributed by atoms with Crippen LogP contribution in [0.25, 0.3) is 0 Å². The molecular formula is C13H16FN3O. The smallest absolute Gasteiger partial charge is 0.148 e. The highest BCUT2D eigenvalue weighted by Crippen LogP contribution is 2.23. The summed E-state index contributed by atoms with van der Waals surface area (Å²) in [5.41, 5.74) is 0.499. The molecule has 18 heavy (non-hydrogen) atoms. The summed E-state index contributed by atoms with van der Waals surface area (Å²) >= 11 is 0. The van der Waals surface area contributed by atoms with Gasteiger partial charge in [0.15, 0.2) is 0 Å². The standard InChI is InChI=1S/C13H16FN3O/c1-3-17-7-6-13(16-17)15-9(2)11-5-4-10(18)8-12(11)14/h4-9,18H,3H2,1-2H3,(H,15,16). The average Bonchev–Trinajstić information content (AvgIpc) is 2.76. The fourth-order valence-corrected chi connectivity index (χ4v) is 1.78. The van der Waals surface area contributed by atoms with Gasteiger partial charge in [-0.2, -0.15) is 5.10 Å². The molecule has 0 saturated carbocycles. The highest BCUT2D eigenvalue weighted by Gasteiger charge is 2.12. The van der Waals surface area contributed by atoms with Crippen LogP contribution in [0.15, 0.2) is 30.5 Å². The van der Waals surface area contributed by atoms with Gasteiger partial charge in [0, 0.05) is 30.4 Å². The Bertz CT molecular complexity index is 539. The average molecular weight is 249 g/mol. The van der Waals surface area contributed by atoms with E-state index in [2.05, 4.69) is 10.4 Å². The molecule has 1 aromatic carbocycles. The fourth-order valence-electron chi connectivity index (χ4n) is 1.78. The number of rotatable bonds is 4. The molecule has 1 unspecified atom stereocenters. The lowest BCUT2D eigenvalue weighted by Gasteiger charge is -2.14. The Morgan fingerprint density at radius 3 is 2.83 bits per heavy atom. The molecule has 0 saturated heterocycles. The zero-order valence-electron chi connectivity index (χ0n) is 10.4. The molecule has 0 aliphatic heterocycles. The number of phenolic OH excluding ortho intramolecular Hbond substituents is 1. The van der Waals surface area contributed by atoms with Crippen molar-refractivity contribution in [2.24, 2.45) is 0 Å². The summed E-state index contributed by atoms with van der Waals surface area (Å²) in [5.74, 6) is 0.209. The van der Waals surface area contributed by atoms with Gasteiger partial charge in [-0.3, -0.25) is 4.68 Å². The number of aromatic nitrogens is 2. The lowest BCUT2D eigenvalue weighted by Crippen LogP contribution is -2.09. The van der Waals surface area contributed by atoms with Crippen molar-refractivity contribution in [2.75, 3.05) is 5.32 Å². The molecule has 0 fully saturated rings. The van der Waals surface area contributed by atoms with Crippen LogP contribution in [0.5, 0.6) is 5.75 Å². The normalized spacial score (nSPS) is 12.4. The van der Waals surface area contributed by atoms with Crippen molar-refractivity contribution in [3.63, 3.8) is 0 Å². The van der Waals surface area contributed by atoms with Crippen LogP contribution in [0, 0.1) is 5.82 Å². The van der Waals surface area contributed by atoms with E-state index < -0.39 is 5.82 Å². The second-order valence-corrected chi connectivity index (χ2v) is 4.13. The lowest BCUT2D eigenvalue weighted by atomic mass is 10.1. The van der Waals surface area contributed by atoms with Crippen LogP contribution in [-0.4, -0.2) is 14.9 Å². The molecule has 1 aromatic heterocycles. The highest BCUT2D eigenvalue weighted by atomic mass is 19.1. The molecule has 1 heterocycles. The number of anilines is 1. The molecule has 0 aliphatic rings. The minimum absolute atomic E-state index is 0.0706. The van der Waals surface area contributed by atoms with Crippen molar-refractivity contribution in [3.05, 3.63) is 41.8 Å². The second-order valence-electron chi connectivity index (χ2n) is 4.13. The molecule has 0 spiro atoms. The highest BCUT2D eigenvalue weighted by molar-refractivity contribution is 5.38. The quantitative estimate of drug-likeness (QED) is 0.876. The van der Waals surface area contributed by atoms with Gasteiger partial charge in [0.05, 0.1) is 6.04 Å². The van der Waals surface area contributed by atoms with Crippen LogP contribution in [-0.2, 0) is 6.54 Å². The van der Waals surface area contributed by atoms with E-state index in [0.717, 1.165) is 12.6 Å². The first-order valence-corrected chi connectivity index (χ1v) is 5.88. The Morgan fingerprint density at radius 1 is 1.44 bits per heavy atom. The van der Waals surface area contributed by atoms with E-state index in [1.807, 2.05) is 26.1 Å². The molecule has 96 valence electrons. The Kier molecular flexibility index (Phi) is 3.50. The van der Waals surface area contributed by atoms with E-state index in [4.69, 9.17) is 5.11 Å². The Labute approximate surface area is 105 Å². The van der Waals surface area contributed by atoms with Gasteiger partial charge in [0.25, 0.3) is 0 Å². The molecule has 1 atom stereocenters. The molecule has 0 aliphatic carbocycles. The molecule has 4 nitrogen and oxygen atoms in total. The summed E-state index contributed by atoms with van der Waals surface area (Å²) < 4.78 is 15.4. The number of hydrogen-bond donors (Lipinski definition) is 2. The van der Waals surface area contributed by atoms with Gasteiger partial charge in [-0.15, -0.1) is 0 Å². The molecule has 5 heteroatoms. The van der Waals surface area contributed by atoms with E-state index in [0.29, 0.717) is 11.4 Å². The lowest BCUT2D eigenvalue weighted by molar-refractivity contribution is 0.467. The Hall–Kier alpha value is -2.04.